The molecule has 0 bridgehead atoms. The smallest absolute Gasteiger partial charge is 0.123 e. The molecule has 4 nitrogen and oxygen atoms in total. The number of benzene rings is 1. The van der Waals surface area contributed by atoms with Crippen LogP contribution < -0.4 is 4.90 Å². The van der Waals surface area contributed by atoms with Gasteiger partial charge in [0.25, 0.3) is 0 Å². The van der Waals surface area contributed by atoms with Crippen molar-refractivity contribution in [2.24, 2.45) is 5.92 Å². The van der Waals surface area contributed by atoms with Gasteiger partial charge in [-0.2, -0.15) is 0 Å². The third-order valence-corrected chi connectivity index (χ3v) is 6.49. The third-order valence-electron chi connectivity index (χ3n) is 6.49. The summed E-state index contributed by atoms with van der Waals surface area (Å²) in [6, 6.07) is 11.5. The van der Waals surface area contributed by atoms with Gasteiger partial charge in [0, 0.05) is 31.0 Å². The van der Waals surface area contributed by atoms with Gasteiger partial charge in [0.15, 0.2) is 0 Å². The van der Waals surface area contributed by atoms with Gasteiger partial charge in [-0.15, -0.1) is 0 Å². The molecule has 4 rings (SSSR count). The van der Waals surface area contributed by atoms with Gasteiger partial charge in [-0.1, -0.05) is 6.07 Å². The number of nitrogens with zero attached hydrogens (tertiary/aromatic N) is 3. The highest BCUT2D eigenvalue weighted by atomic mass is 19.1. The van der Waals surface area contributed by atoms with Crippen LogP contribution in [0.2, 0.25) is 0 Å². The van der Waals surface area contributed by atoms with E-state index in [2.05, 4.69) is 14.8 Å². The average molecular weight is 384 g/mol. The van der Waals surface area contributed by atoms with E-state index in [4.69, 9.17) is 0 Å². The van der Waals surface area contributed by atoms with Crippen molar-refractivity contribution < 1.29 is 9.50 Å². The molecule has 2 aliphatic heterocycles. The second-order valence-electron chi connectivity index (χ2n) is 8.22. The number of aliphatic hydroxyl groups is 1. The van der Waals surface area contributed by atoms with Gasteiger partial charge in [-0.25, -0.2) is 4.39 Å². The summed E-state index contributed by atoms with van der Waals surface area (Å²) in [6.45, 7) is 6.13. The molecule has 2 saturated heterocycles. The van der Waals surface area contributed by atoms with Crippen LogP contribution in [0.5, 0.6) is 0 Å². The fourth-order valence-electron chi connectivity index (χ4n) is 4.84. The summed E-state index contributed by atoms with van der Waals surface area (Å²) in [7, 11) is 0. The standard InChI is InChI=1S/C23H30FN3O/c1-17-16-19(24)5-6-22(17)27-14-9-20(10-15-27)26-12-7-18(8-13-26)23(28)21-4-2-3-11-25-21/h2-6,11,16,18,20,23,28H,7-10,12-15H2,1H3. The number of aliphatic hydroxyl groups excluding tert-OH is 1. The van der Waals surface area contributed by atoms with Crippen LogP contribution in [-0.2, 0) is 0 Å². The predicted molar refractivity (Wildman–Crippen MR) is 110 cm³/mol. The zero-order chi connectivity index (χ0) is 19.5. The second kappa shape index (κ2) is 8.58. The molecule has 2 fully saturated rings. The molecule has 2 aliphatic rings. The highest BCUT2D eigenvalue weighted by Gasteiger charge is 2.31. The van der Waals surface area contributed by atoms with E-state index in [0.717, 1.165) is 68.8 Å². The Morgan fingerprint density at radius 2 is 1.79 bits per heavy atom. The van der Waals surface area contributed by atoms with Crippen LogP contribution in [0.25, 0.3) is 0 Å². The molecule has 0 saturated carbocycles. The number of halogens is 1. The zero-order valence-corrected chi connectivity index (χ0v) is 16.6. The minimum Gasteiger partial charge on any atom is -0.387 e. The summed E-state index contributed by atoms with van der Waals surface area (Å²) in [5, 5.41) is 10.6. The van der Waals surface area contributed by atoms with Crippen molar-refractivity contribution in [3.05, 3.63) is 59.7 Å². The number of aromatic nitrogens is 1. The van der Waals surface area contributed by atoms with Gasteiger partial charge in [-0.05, 0) is 87.5 Å². The highest BCUT2D eigenvalue weighted by molar-refractivity contribution is 5.53. The number of rotatable bonds is 4. The normalized spacial score (nSPS) is 21.0. The van der Waals surface area contributed by atoms with E-state index in [1.54, 1.807) is 18.3 Å². The molecular formula is C23H30FN3O. The summed E-state index contributed by atoms with van der Waals surface area (Å²) in [5.74, 6) is 0.139. The highest BCUT2D eigenvalue weighted by Crippen LogP contribution is 2.32. The Labute approximate surface area is 167 Å². The second-order valence-corrected chi connectivity index (χ2v) is 8.22. The van der Waals surface area contributed by atoms with Crippen molar-refractivity contribution >= 4 is 5.69 Å². The molecule has 0 amide bonds. The maximum absolute atomic E-state index is 13.4. The van der Waals surface area contributed by atoms with Crippen molar-refractivity contribution in [2.45, 2.75) is 44.8 Å². The Kier molecular flexibility index (Phi) is 5.93. The Hall–Kier alpha value is -1.98. The minimum atomic E-state index is -0.452. The zero-order valence-electron chi connectivity index (χ0n) is 16.6. The van der Waals surface area contributed by atoms with Gasteiger partial charge >= 0.3 is 0 Å². The lowest BCUT2D eigenvalue weighted by Crippen LogP contribution is -2.48. The van der Waals surface area contributed by atoms with Gasteiger partial charge in [0.2, 0.25) is 0 Å². The van der Waals surface area contributed by atoms with E-state index in [1.807, 2.05) is 31.2 Å². The molecule has 28 heavy (non-hydrogen) atoms. The molecular weight excluding hydrogens is 353 g/mol. The Balaban J connectivity index is 1.28. The molecule has 1 N–H and O–H groups in total. The lowest BCUT2D eigenvalue weighted by Gasteiger charge is -2.43. The Bertz CT molecular complexity index is 769. The lowest BCUT2D eigenvalue weighted by atomic mass is 9.88. The van der Waals surface area contributed by atoms with Crippen molar-refractivity contribution in [3.8, 4) is 0 Å². The Morgan fingerprint density at radius 3 is 2.43 bits per heavy atom. The summed E-state index contributed by atoms with van der Waals surface area (Å²) in [6.07, 6.45) is 5.63. The topological polar surface area (TPSA) is 39.6 Å². The summed E-state index contributed by atoms with van der Waals surface area (Å²) in [4.78, 5) is 9.32. The molecule has 5 heteroatoms. The van der Waals surface area contributed by atoms with Crippen LogP contribution in [0.1, 0.15) is 43.0 Å². The molecule has 0 aliphatic carbocycles. The van der Waals surface area contributed by atoms with E-state index in [9.17, 15) is 9.50 Å². The van der Waals surface area contributed by atoms with Gasteiger partial charge < -0.3 is 14.9 Å². The van der Waals surface area contributed by atoms with Gasteiger partial charge in [-0.3, -0.25) is 4.98 Å². The number of likely N-dealkylation sites (tertiary alicyclic amines) is 1. The quantitative estimate of drug-likeness (QED) is 0.868. The fourth-order valence-corrected chi connectivity index (χ4v) is 4.84. The average Bonchev–Trinajstić information content (AvgIpc) is 2.74. The van der Waals surface area contributed by atoms with E-state index in [0.29, 0.717) is 12.0 Å². The molecule has 2 aromatic rings. The van der Waals surface area contributed by atoms with E-state index >= 15 is 0 Å². The van der Waals surface area contributed by atoms with Crippen LogP contribution in [-0.4, -0.2) is 47.2 Å². The number of anilines is 1. The number of aryl methyl sites for hydroxylation is 1. The van der Waals surface area contributed by atoms with Crippen LogP contribution in [0, 0.1) is 18.7 Å². The predicted octanol–water partition coefficient (Wildman–Crippen LogP) is 3.94. The van der Waals surface area contributed by atoms with Crippen molar-refractivity contribution in [3.63, 3.8) is 0 Å². The summed E-state index contributed by atoms with van der Waals surface area (Å²) >= 11 is 0. The number of hydrogen-bond donors (Lipinski definition) is 1. The maximum Gasteiger partial charge on any atom is 0.123 e. The van der Waals surface area contributed by atoms with Crippen molar-refractivity contribution in [1.82, 2.24) is 9.88 Å². The first kappa shape index (κ1) is 19.3. The molecule has 1 aromatic carbocycles. The molecule has 1 atom stereocenters. The third kappa shape index (κ3) is 4.20. The SMILES string of the molecule is Cc1cc(F)ccc1N1CCC(N2CCC(C(O)c3ccccn3)CC2)CC1. The molecule has 1 unspecified atom stereocenters. The van der Waals surface area contributed by atoms with Gasteiger partial charge in [0.1, 0.15) is 5.82 Å². The first-order chi connectivity index (χ1) is 13.6. The molecule has 150 valence electrons. The monoisotopic (exact) mass is 383 g/mol. The van der Waals surface area contributed by atoms with Crippen LogP contribution in [0.3, 0.4) is 0 Å². The fraction of sp³-hybridized carbons (Fsp3) is 0.522. The van der Waals surface area contributed by atoms with Crippen LogP contribution >= 0.6 is 0 Å². The number of pyridine rings is 1. The van der Waals surface area contributed by atoms with Crippen molar-refractivity contribution in [2.75, 3.05) is 31.1 Å². The van der Waals surface area contributed by atoms with Crippen LogP contribution in [0.15, 0.2) is 42.6 Å². The van der Waals surface area contributed by atoms with Crippen LogP contribution in [0.4, 0.5) is 10.1 Å². The summed E-state index contributed by atoms with van der Waals surface area (Å²) in [5.41, 5.74) is 2.98. The van der Waals surface area contributed by atoms with Crippen molar-refractivity contribution in [1.29, 1.82) is 0 Å². The Morgan fingerprint density at radius 1 is 1.04 bits per heavy atom. The van der Waals surface area contributed by atoms with E-state index in [-0.39, 0.29) is 5.82 Å². The summed E-state index contributed by atoms with van der Waals surface area (Å²) < 4.78 is 13.4. The lowest BCUT2D eigenvalue weighted by molar-refractivity contribution is 0.0382. The van der Waals surface area contributed by atoms with Gasteiger partial charge in [0.05, 0.1) is 11.8 Å². The molecule has 0 radical (unpaired) electrons. The maximum atomic E-state index is 13.4. The van der Waals surface area contributed by atoms with E-state index in [1.165, 1.54) is 0 Å². The largest absolute Gasteiger partial charge is 0.387 e. The first-order valence-corrected chi connectivity index (χ1v) is 10.5. The molecule has 0 spiro atoms. The molecule has 3 heterocycles. The number of hydrogen-bond acceptors (Lipinski definition) is 4. The minimum absolute atomic E-state index is 0.160. The first-order valence-electron chi connectivity index (χ1n) is 10.5. The van der Waals surface area contributed by atoms with E-state index < -0.39 is 6.10 Å². The number of piperidine rings is 2. The molecule has 1 aromatic heterocycles.